The zero-order chi connectivity index (χ0) is 11.7. The molecule has 0 spiro atoms. The number of likely N-dealkylation sites (tertiary alicyclic amines) is 1. The standard InChI is InChI=1S/C11H17NO.C2H6/c1-3-5-10-6-8-12(9-7-10)11(13)4-2;1-2/h10H,4,6-9H2,1-2H3;1-2H3. The van der Waals surface area contributed by atoms with E-state index in [1.54, 1.807) is 0 Å². The van der Waals surface area contributed by atoms with Gasteiger partial charge in [-0.25, -0.2) is 0 Å². The zero-order valence-corrected chi connectivity index (χ0v) is 10.5. The van der Waals surface area contributed by atoms with E-state index >= 15 is 0 Å². The molecule has 0 atom stereocenters. The van der Waals surface area contributed by atoms with Gasteiger partial charge in [-0.1, -0.05) is 20.8 Å². The number of carbonyl (C=O) groups excluding carboxylic acids is 1. The van der Waals surface area contributed by atoms with Gasteiger partial charge in [-0.2, -0.15) is 0 Å². The summed E-state index contributed by atoms with van der Waals surface area (Å²) in [7, 11) is 0. The summed E-state index contributed by atoms with van der Waals surface area (Å²) in [6.45, 7) is 9.59. The van der Waals surface area contributed by atoms with Crippen LogP contribution in [0.4, 0.5) is 0 Å². The SMILES string of the molecule is CC.CC#CC1CCN(C(=O)CC)CC1. The van der Waals surface area contributed by atoms with Crippen LogP contribution in [0, 0.1) is 17.8 Å². The number of rotatable bonds is 1. The Kier molecular flexibility index (Phi) is 7.81. The Labute approximate surface area is 94.0 Å². The van der Waals surface area contributed by atoms with Gasteiger partial charge in [-0.3, -0.25) is 4.79 Å². The average Bonchev–Trinajstić information content (AvgIpc) is 2.32. The molecule has 0 N–H and O–H groups in total. The number of hydrogen-bond donors (Lipinski definition) is 0. The van der Waals surface area contributed by atoms with Crippen LogP contribution in [0.25, 0.3) is 0 Å². The summed E-state index contributed by atoms with van der Waals surface area (Å²) in [4.78, 5) is 13.3. The van der Waals surface area contributed by atoms with Crippen LogP contribution in [0.1, 0.15) is 47.0 Å². The van der Waals surface area contributed by atoms with Crippen LogP contribution in [0.3, 0.4) is 0 Å². The van der Waals surface area contributed by atoms with Crippen molar-refractivity contribution in [2.75, 3.05) is 13.1 Å². The first-order valence-electron chi connectivity index (χ1n) is 5.98. The minimum absolute atomic E-state index is 0.280. The third kappa shape index (κ3) is 4.88. The molecular formula is C13H23NO. The molecule has 0 aromatic carbocycles. The van der Waals surface area contributed by atoms with Crippen molar-refractivity contribution in [2.45, 2.75) is 47.0 Å². The highest BCUT2D eigenvalue weighted by Crippen LogP contribution is 2.16. The lowest BCUT2D eigenvalue weighted by Crippen LogP contribution is -2.37. The van der Waals surface area contributed by atoms with E-state index in [0.29, 0.717) is 12.3 Å². The Balaban J connectivity index is 0.000000921. The second-order valence-electron chi connectivity index (χ2n) is 3.40. The molecule has 1 aliphatic rings. The van der Waals surface area contributed by atoms with Gasteiger partial charge < -0.3 is 4.90 Å². The highest BCUT2D eigenvalue weighted by Gasteiger charge is 2.19. The number of amides is 1. The van der Waals surface area contributed by atoms with E-state index < -0.39 is 0 Å². The minimum atomic E-state index is 0.280. The molecule has 1 rings (SSSR count). The van der Waals surface area contributed by atoms with Crippen molar-refractivity contribution in [1.82, 2.24) is 4.90 Å². The lowest BCUT2D eigenvalue weighted by atomic mass is 9.97. The van der Waals surface area contributed by atoms with Gasteiger partial charge in [0.2, 0.25) is 5.91 Å². The molecule has 0 aromatic heterocycles. The third-order valence-corrected chi connectivity index (χ3v) is 2.50. The monoisotopic (exact) mass is 209 g/mol. The Morgan fingerprint density at radius 3 is 2.27 bits per heavy atom. The quantitative estimate of drug-likeness (QED) is 0.608. The Bertz CT molecular complexity index is 229. The van der Waals surface area contributed by atoms with Gasteiger partial charge in [-0.15, -0.1) is 11.8 Å². The summed E-state index contributed by atoms with van der Waals surface area (Å²) in [6.07, 6.45) is 2.73. The second kappa shape index (κ2) is 8.35. The van der Waals surface area contributed by atoms with Gasteiger partial charge in [0.1, 0.15) is 0 Å². The molecule has 15 heavy (non-hydrogen) atoms. The predicted octanol–water partition coefficient (Wildman–Crippen LogP) is 2.68. The summed E-state index contributed by atoms with van der Waals surface area (Å²) < 4.78 is 0. The fraction of sp³-hybridized carbons (Fsp3) is 0.769. The molecule has 0 unspecified atom stereocenters. The summed E-state index contributed by atoms with van der Waals surface area (Å²) in [6, 6.07) is 0. The normalized spacial score (nSPS) is 15.9. The van der Waals surface area contributed by atoms with Gasteiger partial charge in [0, 0.05) is 25.4 Å². The smallest absolute Gasteiger partial charge is 0.222 e. The Morgan fingerprint density at radius 1 is 1.33 bits per heavy atom. The van der Waals surface area contributed by atoms with Crippen molar-refractivity contribution in [3.8, 4) is 11.8 Å². The second-order valence-corrected chi connectivity index (χ2v) is 3.40. The lowest BCUT2D eigenvalue weighted by Gasteiger charge is -2.29. The molecule has 1 saturated heterocycles. The van der Waals surface area contributed by atoms with Gasteiger partial charge in [-0.05, 0) is 19.8 Å². The molecule has 1 amide bonds. The first kappa shape index (κ1) is 14.0. The predicted molar refractivity (Wildman–Crippen MR) is 64.4 cm³/mol. The Hall–Kier alpha value is -0.970. The van der Waals surface area contributed by atoms with Gasteiger partial charge in [0.25, 0.3) is 0 Å². The van der Waals surface area contributed by atoms with Crippen molar-refractivity contribution < 1.29 is 4.79 Å². The van der Waals surface area contributed by atoms with E-state index in [9.17, 15) is 4.79 Å². The molecule has 2 heteroatoms. The first-order chi connectivity index (χ1) is 7.27. The lowest BCUT2D eigenvalue weighted by molar-refractivity contribution is -0.131. The highest BCUT2D eigenvalue weighted by molar-refractivity contribution is 5.75. The molecule has 1 heterocycles. The summed E-state index contributed by atoms with van der Waals surface area (Å²) in [5.41, 5.74) is 0. The van der Waals surface area contributed by atoms with Crippen LogP contribution in [-0.2, 0) is 4.79 Å². The molecular weight excluding hydrogens is 186 g/mol. The fourth-order valence-electron chi connectivity index (χ4n) is 1.70. The number of piperidine rings is 1. The molecule has 0 bridgehead atoms. The average molecular weight is 209 g/mol. The number of nitrogens with zero attached hydrogens (tertiary/aromatic N) is 1. The van der Waals surface area contributed by atoms with Crippen molar-refractivity contribution in [3.05, 3.63) is 0 Å². The van der Waals surface area contributed by atoms with E-state index in [4.69, 9.17) is 0 Å². The molecule has 2 nitrogen and oxygen atoms in total. The first-order valence-corrected chi connectivity index (χ1v) is 5.98. The summed E-state index contributed by atoms with van der Waals surface area (Å²) >= 11 is 0. The fourth-order valence-corrected chi connectivity index (χ4v) is 1.70. The molecule has 1 fully saturated rings. The van der Waals surface area contributed by atoms with Crippen molar-refractivity contribution in [2.24, 2.45) is 5.92 Å². The summed E-state index contributed by atoms with van der Waals surface area (Å²) in [5, 5.41) is 0. The maximum Gasteiger partial charge on any atom is 0.222 e. The third-order valence-electron chi connectivity index (χ3n) is 2.50. The maximum atomic E-state index is 11.3. The summed E-state index contributed by atoms with van der Waals surface area (Å²) in [5.74, 6) is 6.92. The maximum absolute atomic E-state index is 11.3. The molecule has 0 aliphatic carbocycles. The van der Waals surface area contributed by atoms with Gasteiger partial charge >= 0.3 is 0 Å². The largest absolute Gasteiger partial charge is 0.343 e. The molecule has 1 aliphatic heterocycles. The minimum Gasteiger partial charge on any atom is -0.343 e. The van der Waals surface area contributed by atoms with Crippen molar-refractivity contribution in [1.29, 1.82) is 0 Å². The van der Waals surface area contributed by atoms with Crippen LogP contribution >= 0.6 is 0 Å². The van der Waals surface area contributed by atoms with Crippen LogP contribution in [0.2, 0.25) is 0 Å². The van der Waals surface area contributed by atoms with Crippen LogP contribution < -0.4 is 0 Å². The van der Waals surface area contributed by atoms with Gasteiger partial charge in [0.15, 0.2) is 0 Å². The van der Waals surface area contributed by atoms with E-state index in [1.165, 1.54) is 0 Å². The Morgan fingerprint density at radius 2 is 1.87 bits per heavy atom. The van der Waals surface area contributed by atoms with Crippen LogP contribution in [0.5, 0.6) is 0 Å². The number of carbonyl (C=O) groups is 1. The van der Waals surface area contributed by atoms with Crippen LogP contribution in [0.15, 0.2) is 0 Å². The van der Waals surface area contributed by atoms with E-state index in [2.05, 4.69) is 11.8 Å². The molecule has 0 aromatic rings. The molecule has 0 saturated carbocycles. The van der Waals surface area contributed by atoms with Crippen molar-refractivity contribution in [3.63, 3.8) is 0 Å². The van der Waals surface area contributed by atoms with Gasteiger partial charge in [0.05, 0.1) is 0 Å². The molecule has 86 valence electrons. The number of hydrogen-bond acceptors (Lipinski definition) is 1. The van der Waals surface area contributed by atoms with Crippen molar-refractivity contribution >= 4 is 5.91 Å². The topological polar surface area (TPSA) is 20.3 Å². The zero-order valence-electron chi connectivity index (χ0n) is 10.5. The van der Waals surface area contributed by atoms with E-state index in [0.717, 1.165) is 25.9 Å². The van der Waals surface area contributed by atoms with E-state index in [-0.39, 0.29) is 5.91 Å². The van der Waals surface area contributed by atoms with Crippen LogP contribution in [-0.4, -0.2) is 23.9 Å². The van der Waals surface area contributed by atoms with E-state index in [1.807, 2.05) is 32.6 Å². The highest BCUT2D eigenvalue weighted by atomic mass is 16.2. The molecule has 0 radical (unpaired) electrons.